The second kappa shape index (κ2) is 12.1. The van der Waals surface area contributed by atoms with Gasteiger partial charge in [0.15, 0.2) is 0 Å². The van der Waals surface area contributed by atoms with Crippen LogP contribution in [0.5, 0.6) is 11.5 Å². The smallest absolute Gasteiger partial charge is 0.424 e. The Morgan fingerprint density at radius 3 is 2.53 bits per heavy atom. The second-order valence-electron chi connectivity index (χ2n) is 12.0. The van der Waals surface area contributed by atoms with Crippen molar-refractivity contribution in [3.63, 3.8) is 0 Å². The van der Waals surface area contributed by atoms with E-state index in [0.29, 0.717) is 28.8 Å². The number of pyridine rings is 1. The average Bonchev–Trinajstić information content (AvgIpc) is 3.63. The highest BCUT2D eigenvalue weighted by molar-refractivity contribution is 7.18. The number of hydrogen-bond donors (Lipinski definition) is 3. The van der Waals surface area contributed by atoms with E-state index in [-0.39, 0.29) is 47.3 Å². The largest absolute Gasteiger partial charge is 0.489 e. The highest BCUT2D eigenvalue weighted by Crippen LogP contribution is 2.49. The molecule has 0 radical (unpaired) electrons. The molecule has 1 fully saturated rings. The van der Waals surface area contributed by atoms with Gasteiger partial charge in [-0.25, -0.2) is 14.4 Å². The summed E-state index contributed by atoms with van der Waals surface area (Å²) in [6.45, 7) is 2.11. The molecule has 14 heteroatoms. The van der Waals surface area contributed by atoms with Crippen molar-refractivity contribution in [2.45, 2.75) is 69.2 Å². The van der Waals surface area contributed by atoms with E-state index in [1.165, 1.54) is 35.6 Å². The molecule has 2 aromatic heterocycles. The fourth-order valence-corrected chi connectivity index (χ4v) is 6.56. The maximum absolute atomic E-state index is 14.9. The van der Waals surface area contributed by atoms with Gasteiger partial charge in [-0.2, -0.15) is 13.2 Å². The van der Waals surface area contributed by atoms with Crippen molar-refractivity contribution >= 4 is 33.4 Å². The number of hydrogen-bond acceptors (Lipinski definition) is 8. The molecule has 4 N–H and O–H groups in total. The van der Waals surface area contributed by atoms with E-state index in [2.05, 4.69) is 15.3 Å². The van der Waals surface area contributed by atoms with Crippen molar-refractivity contribution in [1.82, 2.24) is 15.3 Å². The van der Waals surface area contributed by atoms with Crippen LogP contribution < -0.4 is 20.5 Å². The van der Waals surface area contributed by atoms with Gasteiger partial charge in [-0.15, -0.1) is 11.3 Å². The van der Waals surface area contributed by atoms with E-state index < -0.39 is 47.1 Å². The van der Waals surface area contributed by atoms with E-state index in [9.17, 15) is 32.3 Å². The molecule has 0 spiro atoms. The van der Waals surface area contributed by atoms with Crippen molar-refractivity contribution in [2.24, 2.45) is 5.73 Å². The monoisotopic (exact) mass is 672 g/mol. The topological polar surface area (TPSA) is 137 Å². The molecule has 9 nitrogen and oxygen atoms in total. The number of aliphatic hydroxyl groups is 1. The van der Waals surface area contributed by atoms with E-state index in [0.717, 1.165) is 36.0 Å². The van der Waals surface area contributed by atoms with Crippen molar-refractivity contribution in [3.8, 4) is 22.8 Å². The van der Waals surface area contributed by atoms with Gasteiger partial charge < -0.3 is 25.6 Å². The van der Waals surface area contributed by atoms with Crippen LogP contribution in [0.1, 0.15) is 65.7 Å². The van der Waals surface area contributed by atoms with Gasteiger partial charge >= 0.3 is 6.18 Å². The lowest BCUT2D eigenvalue weighted by molar-refractivity contribution is -0.265. The quantitative estimate of drug-likeness (QED) is 0.171. The molecule has 2 atom stereocenters. The number of ether oxygens (including phenoxy) is 2. The van der Waals surface area contributed by atoms with Gasteiger partial charge in [0.05, 0.1) is 28.1 Å². The lowest BCUT2D eigenvalue weighted by Crippen LogP contribution is -2.52. The summed E-state index contributed by atoms with van der Waals surface area (Å²) in [6.07, 6.45) is -2.36. The number of thiazole rings is 1. The van der Waals surface area contributed by atoms with E-state index in [1.54, 1.807) is 6.92 Å². The van der Waals surface area contributed by atoms with Crippen LogP contribution in [0.25, 0.3) is 21.5 Å². The van der Waals surface area contributed by atoms with Gasteiger partial charge in [0.25, 0.3) is 5.91 Å². The third-order valence-electron chi connectivity index (χ3n) is 8.54. The molecule has 1 aliphatic carbocycles. The maximum atomic E-state index is 14.9. The Bertz CT molecular complexity index is 1860. The summed E-state index contributed by atoms with van der Waals surface area (Å²) in [5.74, 6) is -1.93. The second-order valence-corrected chi connectivity index (χ2v) is 13.2. The maximum Gasteiger partial charge on any atom is 0.424 e. The first-order chi connectivity index (χ1) is 22.3. The molecule has 1 saturated carbocycles. The predicted octanol–water partition coefficient (Wildman–Crippen LogP) is 5.83. The number of carbonyl (C=O) groups is 2. The highest BCUT2D eigenvalue weighted by atomic mass is 32.1. The Kier molecular flexibility index (Phi) is 8.37. The Balaban J connectivity index is 1.42. The Hall–Kier alpha value is -4.30. The third kappa shape index (κ3) is 6.00. The van der Waals surface area contributed by atoms with Crippen LogP contribution in [0.3, 0.4) is 0 Å². The van der Waals surface area contributed by atoms with Crippen LogP contribution in [-0.4, -0.2) is 52.3 Å². The van der Waals surface area contributed by atoms with Crippen molar-refractivity contribution in [1.29, 1.82) is 0 Å². The zero-order valence-corrected chi connectivity index (χ0v) is 26.4. The Labute approximate surface area is 271 Å². The molecule has 3 heterocycles. The third-order valence-corrected chi connectivity index (χ3v) is 9.46. The number of benzene rings is 2. The minimum absolute atomic E-state index is 0.0140. The van der Waals surface area contributed by atoms with Gasteiger partial charge in [0.1, 0.15) is 40.5 Å². The standard InChI is InChI=1S/C33H32F4N4O5S/c1-3-4-11-31(30(38)43)16-45-28-22(31)14-25(41-26(28)18-5-7-20(34)8-6-18)32(44,33(35,36)37)15-39-29(42)19-12-23(46-21-9-10-21)27-24(13-19)47-17(2)40-27/h5-8,12-14,21,44H,3-4,9-11,15-16H2,1-2H3,(H2,38,43)(H,39,42)/t31-,32?/m0/s1. The number of nitrogens with two attached hydrogens (primary N) is 1. The van der Waals surface area contributed by atoms with Gasteiger partial charge in [0.2, 0.25) is 11.5 Å². The molecular weight excluding hydrogens is 640 g/mol. The van der Waals surface area contributed by atoms with Crippen molar-refractivity contribution < 1.29 is 41.7 Å². The molecule has 0 bridgehead atoms. The molecule has 2 aromatic carbocycles. The number of rotatable bonds is 11. The number of halogens is 4. The van der Waals surface area contributed by atoms with E-state index >= 15 is 0 Å². The summed E-state index contributed by atoms with van der Waals surface area (Å²) in [5, 5.41) is 14.4. The number of amides is 2. The molecule has 1 unspecified atom stereocenters. The van der Waals surface area contributed by atoms with Crippen LogP contribution >= 0.6 is 11.3 Å². The Morgan fingerprint density at radius 1 is 1.17 bits per heavy atom. The minimum Gasteiger partial charge on any atom is -0.489 e. The summed E-state index contributed by atoms with van der Waals surface area (Å²) < 4.78 is 71.0. The number of unbranched alkanes of at least 4 members (excludes halogenated alkanes) is 1. The van der Waals surface area contributed by atoms with Crippen LogP contribution in [0.2, 0.25) is 0 Å². The predicted molar refractivity (Wildman–Crippen MR) is 166 cm³/mol. The van der Waals surface area contributed by atoms with E-state index in [4.69, 9.17) is 15.2 Å². The molecule has 0 saturated heterocycles. The van der Waals surface area contributed by atoms with Crippen LogP contribution in [0.15, 0.2) is 42.5 Å². The van der Waals surface area contributed by atoms with Crippen LogP contribution in [-0.2, 0) is 15.8 Å². The SMILES string of the molecule is CCCC[C@]1(C(N)=O)COc2c1cc(C(O)(CNC(=O)c1cc(OC3CC3)c3nc(C)sc3c1)C(F)(F)F)nc2-c1ccc(F)cc1. The molecular formula is C33H32F4N4O5S. The normalized spacial score (nSPS) is 18.8. The molecule has 2 aliphatic rings. The molecule has 6 rings (SSSR count). The van der Waals surface area contributed by atoms with Gasteiger partial charge in [-0.3, -0.25) is 9.59 Å². The number of alkyl halides is 3. The summed E-state index contributed by atoms with van der Waals surface area (Å²) in [6, 6.07) is 8.71. The molecule has 2 amide bonds. The molecule has 47 heavy (non-hydrogen) atoms. The number of fused-ring (bicyclic) bond motifs is 2. The number of aromatic nitrogens is 2. The summed E-state index contributed by atoms with van der Waals surface area (Å²) >= 11 is 1.31. The first kappa shape index (κ1) is 32.6. The minimum atomic E-state index is -5.35. The van der Waals surface area contributed by atoms with Gasteiger partial charge in [0, 0.05) is 16.7 Å². The first-order valence-electron chi connectivity index (χ1n) is 15.2. The van der Waals surface area contributed by atoms with Crippen LogP contribution in [0, 0.1) is 12.7 Å². The number of nitrogens with zero attached hydrogens (tertiary/aromatic N) is 2. The summed E-state index contributed by atoms with van der Waals surface area (Å²) in [5.41, 5.74) is 0.393. The number of nitrogens with one attached hydrogen (secondary N) is 1. The molecule has 248 valence electrons. The summed E-state index contributed by atoms with van der Waals surface area (Å²) in [4.78, 5) is 34.9. The molecule has 1 aliphatic heterocycles. The Morgan fingerprint density at radius 2 is 1.89 bits per heavy atom. The summed E-state index contributed by atoms with van der Waals surface area (Å²) in [7, 11) is 0. The zero-order valence-electron chi connectivity index (χ0n) is 25.5. The fourth-order valence-electron chi connectivity index (χ4n) is 5.68. The number of primary amides is 1. The highest BCUT2D eigenvalue weighted by Gasteiger charge is 2.58. The lowest BCUT2D eigenvalue weighted by Gasteiger charge is -2.32. The average molecular weight is 673 g/mol. The van der Waals surface area contributed by atoms with Crippen LogP contribution in [0.4, 0.5) is 17.6 Å². The lowest BCUT2D eigenvalue weighted by atomic mass is 9.76. The number of aryl methyl sites for hydroxylation is 1. The van der Waals surface area contributed by atoms with Gasteiger partial charge in [-0.1, -0.05) is 19.8 Å². The van der Waals surface area contributed by atoms with E-state index in [1.807, 2.05) is 6.92 Å². The first-order valence-corrected chi connectivity index (χ1v) is 16.0. The molecule has 4 aromatic rings. The van der Waals surface area contributed by atoms with Crippen molar-refractivity contribution in [3.05, 3.63) is 70.1 Å². The zero-order chi connectivity index (χ0) is 33.7. The fraction of sp³-hybridized carbons (Fsp3) is 0.394. The van der Waals surface area contributed by atoms with Gasteiger partial charge in [-0.05, 0) is 68.7 Å². The van der Waals surface area contributed by atoms with Crippen molar-refractivity contribution in [2.75, 3.05) is 13.2 Å². The number of carbonyl (C=O) groups excluding carboxylic acids is 2.